The highest BCUT2D eigenvalue weighted by Crippen LogP contribution is 2.46. The molecule has 4 rings (SSSR count). The van der Waals surface area contributed by atoms with Gasteiger partial charge in [-0.1, -0.05) is 23.2 Å². The zero-order valence-electron chi connectivity index (χ0n) is 15.3. The van der Waals surface area contributed by atoms with Crippen molar-refractivity contribution in [3.8, 4) is 0 Å². The summed E-state index contributed by atoms with van der Waals surface area (Å²) >= 11 is 12.1. The van der Waals surface area contributed by atoms with Crippen molar-refractivity contribution in [2.45, 2.75) is 38.1 Å². The molecule has 30 heavy (non-hydrogen) atoms. The third-order valence-corrected chi connectivity index (χ3v) is 5.49. The Kier molecular flexibility index (Phi) is 5.50. The highest BCUT2D eigenvalue weighted by atomic mass is 35.5. The Bertz CT molecular complexity index is 970. The molecule has 0 bridgehead atoms. The number of fused-ring (bicyclic) bond motifs is 1. The van der Waals surface area contributed by atoms with Crippen LogP contribution in [0.15, 0.2) is 47.6 Å². The van der Waals surface area contributed by atoms with Gasteiger partial charge >= 0.3 is 6.61 Å². The number of Topliss-reactive ketones (excluding diaryl/α,β-unsaturated/α-hetero) is 1. The standard InChI is InChI=1S/C19H15Cl2F2NO6/c20-12-8-24(26)9-13(21)11(12)7-14(25)10-1-2-15(28-18(22)23)17-16(10)29-19(30-17)3-5-27-6-4-19/h3,5,8-9,18H,1-2,4,6-7H2. The van der Waals surface area contributed by atoms with E-state index in [4.69, 9.17) is 37.4 Å². The Morgan fingerprint density at radius 1 is 1.23 bits per heavy atom. The lowest BCUT2D eigenvalue weighted by atomic mass is 9.94. The van der Waals surface area contributed by atoms with Crippen LogP contribution < -0.4 is 4.73 Å². The molecule has 1 spiro atoms. The quantitative estimate of drug-likeness (QED) is 0.488. The fourth-order valence-corrected chi connectivity index (χ4v) is 4.01. The Hall–Kier alpha value is -2.52. The summed E-state index contributed by atoms with van der Waals surface area (Å²) in [5.41, 5.74) is 0.526. The molecule has 0 N–H and O–H groups in total. The first-order valence-corrected chi connectivity index (χ1v) is 9.72. The monoisotopic (exact) mass is 461 g/mol. The predicted molar refractivity (Wildman–Crippen MR) is 99.1 cm³/mol. The number of allylic oxidation sites excluding steroid dienone is 2. The minimum Gasteiger partial charge on any atom is -0.619 e. The van der Waals surface area contributed by atoms with Crippen molar-refractivity contribution >= 4 is 29.0 Å². The van der Waals surface area contributed by atoms with Crippen LogP contribution in [0.2, 0.25) is 10.0 Å². The molecule has 1 fully saturated rings. The predicted octanol–water partition coefficient (Wildman–Crippen LogP) is 3.91. The van der Waals surface area contributed by atoms with Crippen molar-refractivity contribution in [3.05, 3.63) is 68.4 Å². The number of hydrogen-bond donors (Lipinski definition) is 0. The average molecular weight is 462 g/mol. The van der Waals surface area contributed by atoms with Crippen molar-refractivity contribution in [3.63, 3.8) is 0 Å². The summed E-state index contributed by atoms with van der Waals surface area (Å²) in [6, 6.07) is 0. The van der Waals surface area contributed by atoms with Gasteiger partial charge in [0.2, 0.25) is 5.76 Å². The van der Waals surface area contributed by atoms with Gasteiger partial charge in [0.05, 0.1) is 19.3 Å². The van der Waals surface area contributed by atoms with Gasteiger partial charge in [-0.3, -0.25) is 4.79 Å². The lowest BCUT2D eigenvalue weighted by Gasteiger charge is -2.25. The molecule has 1 aromatic heterocycles. The molecule has 1 saturated heterocycles. The van der Waals surface area contributed by atoms with Gasteiger partial charge in [-0.2, -0.15) is 13.5 Å². The lowest BCUT2D eigenvalue weighted by molar-refractivity contribution is -0.605. The third-order valence-electron chi connectivity index (χ3n) is 4.83. The molecule has 7 nitrogen and oxygen atoms in total. The summed E-state index contributed by atoms with van der Waals surface area (Å²) in [5.74, 6) is -1.71. The number of pyridine rings is 1. The number of carbonyl (C=O) groups excluding carboxylic acids is 1. The van der Waals surface area contributed by atoms with E-state index in [0.29, 0.717) is 11.2 Å². The zero-order valence-corrected chi connectivity index (χ0v) is 16.8. The first-order chi connectivity index (χ1) is 14.3. The van der Waals surface area contributed by atoms with Gasteiger partial charge in [-0.25, -0.2) is 0 Å². The van der Waals surface area contributed by atoms with Gasteiger partial charge in [0.25, 0.3) is 5.79 Å². The third kappa shape index (κ3) is 3.91. The average Bonchev–Trinajstić information content (AvgIpc) is 3.03. The van der Waals surface area contributed by atoms with Crippen molar-refractivity contribution < 1.29 is 37.3 Å². The maximum Gasteiger partial charge on any atom is 0.387 e. The highest BCUT2D eigenvalue weighted by Gasteiger charge is 2.48. The van der Waals surface area contributed by atoms with E-state index < -0.39 is 12.4 Å². The maximum atomic E-state index is 13.0. The van der Waals surface area contributed by atoms with Crippen molar-refractivity contribution in [2.75, 3.05) is 6.61 Å². The van der Waals surface area contributed by atoms with Crippen LogP contribution in [0.3, 0.4) is 0 Å². The molecular formula is C19H15Cl2F2NO6. The van der Waals surface area contributed by atoms with Crippen LogP contribution in [0.25, 0.3) is 0 Å². The summed E-state index contributed by atoms with van der Waals surface area (Å²) in [6.07, 6.45) is 5.29. The molecule has 0 saturated carbocycles. The number of aromatic nitrogens is 1. The highest BCUT2D eigenvalue weighted by molar-refractivity contribution is 6.36. The topological polar surface area (TPSA) is 80.9 Å². The minimum atomic E-state index is -3.04. The fourth-order valence-electron chi connectivity index (χ4n) is 3.43. The minimum absolute atomic E-state index is 0.0285. The summed E-state index contributed by atoms with van der Waals surface area (Å²) in [6.45, 7) is -2.76. The second-order valence-electron chi connectivity index (χ2n) is 6.77. The van der Waals surface area contributed by atoms with Crippen molar-refractivity contribution in [1.29, 1.82) is 0 Å². The molecule has 1 atom stereocenters. The number of alkyl halides is 2. The molecule has 2 aliphatic heterocycles. The molecule has 1 unspecified atom stereocenters. The van der Waals surface area contributed by atoms with Crippen LogP contribution in [-0.2, 0) is 30.2 Å². The summed E-state index contributed by atoms with van der Waals surface area (Å²) in [7, 11) is 0. The van der Waals surface area contributed by atoms with E-state index in [-0.39, 0.29) is 70.1 Å². The molecule has 0 radical (unpaired) electrons. The number of carbonyl (C=O) groups is 1. The molecule has 0 amide bonds. The Balaban J connectivity index is 1.71. The van der Waals surface area contributed by atoms with E-state index in [2.05, 4.69) is 4.74 Å². The molecular weight excluding hydrogens is 447 g/mol. The number of halogens is 4. The van der Waals surface area contributed by atoms with Crippen molar-refractivity contribution in [2.24, 2.45) is 0 Å². The van der Waals surface area contributed by atoms with Crippen molar-refractivity contribution in [1.82, 2.24) is 0 Å². The molecule has 1 aliphatic carbocycles. The van der Waals surface area contributed by atoms with Crippen LogP contribution in [0.5, 0.6) is 0 Å². The molecule has 1 aromatic rings. The second kappa shape index (κ2) is 7.96. The van der Waals surface area contributed by atoms with Gasteiger partial charge in [0.15, 0.2) is 23.9 Å². The molecule has 3 aliphatic rings. The SMILES string of the molecule is O=C(Cc1c(Cl)c[n+]([O-])cc1Cl)C1=C2OC3(C=COCC3)OC2=C(OC(F)F)CC1. The Morgan fingerprint density at radius 3 is 2.57 bits per heavy atom. The van der Waals surface area contributed by atoms with E-state index in [0.717, 1.165) is 12.4 Å². The first-order valence-electron chi connectivity index (χ1n) is 8.97. The second-order valence-corrected chi connectivity index (χ2v) is 7.58. The maximum absolute atomic E-state index is 13.0. The molecule has 11 heteroatoms. The normalized spacial score (nSPS) is 22.7. The zero-order chi connectivity index (χ0) is 21.5. The van der Waals surface area contributed by atoms with Gasteiger partial charge in [0.1, 0.15) is 15.8 Å². The largest absolute Gasteiger partial charge is 0.619 e. The van der Waals surface area contributed by atoms with Crippen LogP contribution >= 0.6 is 23.2 Å². The number of ether oxygens (including phenoxy) is 4. The van der Waals surface area contributed by atoms with Crippen LogP contribution in [0.1, 0.15) is 24.8 Å². The smallest absolute Gasteiger partial charge is 0.387 e. The summed E-state index contributed by atoms with van der Waals surface area (Å²) in [4.78, 5) is 13.0. The molecule has 3 heterocycles. The van der Waals surface area contributed by atoms with Crippen LogP contribution in [0, 0.1) is 5.21 Å². The van der Waals surface area contributed by atoms with Crippen LogP contribution in [-0.4, -0.2) is 24.8 Å². The van der Waals surface area contributed by atoms with Gasteiger partial charge < -0.3 is 24.2 Å². The summed E-state index contributed by atoms with van der Waals surface area (Å²) < 4.78 is 47.6. The Labute approximate surface area is 179 Å². The lowest BCUT2D eigenvalue weighted by Crippen LogP contribution is -2.31. The molecule has 160 valence electrons. The van der Waals surface area contributed by atoms with E-state index in [1.807, 2.05) is 0 Å². The van der Waals surface area contributed by atoms with E-state index in [1.165, 1.54) is 12.3 Å². The first kappa shape index (κ1) is 20.7. The van der Waals surface area contributed by atoms with E-state index in [9.17, 15) is 18.8 Å². The Morgan fingerprint density at radius 2 is 1.93 bits per heavy atom. The summed E-state index contributed by atoms with van der Waals surface area (Å²) in [5, 5.41) is 11.5. The van der Waals surface area contributed by atoms with E-state index >= 15 is 0 Å². The number of rotatable bonds is 5. The molecule has 0 aromatic carbocycles. The van der Waals surface area contributed by atoms with Crippen LogP contribution in [0.4, 0.5) is 8.78 Å². The number of nitrogens with zero attached hydrogens (tertiary/aromatic N) is 1. The number of hydrogen-bond acceptors (Lipinski definition) is 6. The van der Waals surface area contributed by atoms with Gasteiger partial charge in [0, 0.05) is 30.1 Å². The van der Waals surface area contributed by atoms with Gasteiger partial charge in [-0.15, -0.1) is 0 Å². The number of ketones is 1. The van der Waals surface area contributed by atoms with Gasteiger partial charge in [-0.05, 0) is 6.42 Å². The van der Waals surface area contributed by atoms with E-state index in [1.54, 1.807) is 0 Å². The fraction of sp³-hybridized carbons (Fsp3) is 0.368.